The Balaban J connectivity index is 2.13. The third kappa shape index (κ3) is 5.28. The van der Waals surface area contributed by atoms with Crippen LogP contribution in [0.1, 0.15) is 5.56 Å². The summed E-state index contributed by atoms with van der Waals surface area (Å²) in [6.07, 6.45) is 0. The monoisotopic (exact) mass is 409 g/mol. The number of halogens is 1. The van der Waals surface area contributed by atoms with Gasteiger partial charge in [0.2, 0.25) is 15.9 Å². The summed E-state index contributed by atoms with van der Waals surface area (Å²) in [5, 5.41) is 2.66. The van der Waals surface area contributed by atoms with Crippen LogP contribution < -0.4 is 10.1 Å². The Morgan fingerprint density at radius 1 is 1.14 bits per heavy atom. The molecule has 0 aromatic heterocycles. The van der Waals surface area contributed by atoms with Crippen molar-refractivity contribution in [2.45, 2.75) is 11.4 Å². The molecule has 2 aromatic rings. The first-order chi connectivity index (χ1) is 13.1. The number of benzene rings is 2. The number of amides is 1. The van der Waals surface area contributed by atoms with Crippen LogP contribution >= 0.6 is 0 Å². The van der Waals surface area contributed by atoms with Gasteiger partial charge in [0.1, 0.15) is 11.6 Å². The van der Waals surface area contributed by atoms with Crippen molar-refractivity contribution in [3.8, 4) is 5.75 Å². The first-order valence-corrected chi connectivity index (χ1v) is 9.91. The standard InChI is InChI=1S/C19H24FN3O4S/c1-22(2)28(25,26)15-9-10-18(27-4)17(11-15)21-19(24)13-23(3)12-14-7-5-6-8-16(14)20/h5-11H,12-13H2,1-4H3,(H,21,24). The van der Waals surface area contributed by atoms with Gasteiger partial charge >= 0.3 is 0 Å². The predicted molar refractivity (Wildman–Crippen MR) is 105 cm³/mol. The van der Waals surface area contributed by atoms with Gasteiger partial charge in [-0.15, -0.1) is 0 Å². The van der Waals surface area contributed by atoms with Gasteiger partial charge in [0.25, 0.3) is 0 Å². The number of hydrogen-bond acceptors (Lipinski definition) is 5. The van der Waals surface area contributed by atoms with E-state index in [-0.39, 0.29) is 35.4 Å². The summed E-state index contributed by atoms with van der Waals surface area (Å²) in [5.74, 6) is -0.377. The normalized spacial score (nSPS) is 11.7. The highest BCUT2D eigenvalue weighted by Gasteiger charge is 2.20. The number of nitrogens with one attached hydrogen (secondary N) is 1. The van der Waals surface area contributed by atoms with Gasteiger partial charge in [0.05, 0.1) is 24.2 Å². The van der Waals surface area contributed by atoms with Crippen molar-refractivity contribution in [3.63, 3.8) is 0 Å². The quantitative estimate of drug-likeness (QED) is 0.723. The van der Waals surface area contributed by atoms with E-state index < -0.39 is 10.0 Å². The summed E-state index contributed by atoms with van der Waals surface area (Å²) in [5.41, 5.74) is 0.726. The van der Waals surface area contributed by atoms with E-state index >= 15 is 0 Å². The largest absolute Gasteiger partial charge is 0.495 e. The Labute approximate surface area is 164 Å². The smallest absolute Gasteiger partial charge is 0.242 e. The molecule has 0 radical (unpaired) electrons. The molecule has 0 spiro atoms. The fourth-order valence-electron chi connectivity index (χ4n) is 2.56. The lowest BCUT2D eigenvalue weighted by molar-refractivity contribution is -0.117. The third-order valence-corrected chi connectivity index (χ3v) is 5.85. The van der Waals surface area contributed by atoms with E-state index in [4.69, 9.17) is 4.74 Å². The molecule has 152 valence electrons. The van der Waals surface area contributed by atoms with E-state index in [9.17, 15) is 17.6 Å². The highest BCUT2D eigenvalue weighted by atomic mass is 32.2. The van der Waals surface area contributed by atoms with Crippen LogP contribution in [0.15, 0.2) is 47.4 Å². The number of hydrogen-bond donors (Lipinski definition) is 1. The van der Waals surface area contributed by atoms with Crippen molar-refractivity contribution in [2.75, 3.05) is 40.1 Å². The summed E-state index contributed by atoms with van der Waals surface area (Å²) in [6.45, 7) is 0.244. The lowest BCUT2D eigenvalue weighted by Gasteiger charge is -2.18. The molecule has 0 bridgehead atoms. The van der Waals surface area contributed by atoms with Crippen LogP contribution in [0.2, 0.25) is 0 Å². The van der Waals surface area contributed by atoms with E-state index in [1.165, 1.54) is 45.5 Å². The summed E-state index contributed by atoms with van der Waals surface area (Å²) in [4.78, 5) is 14.1. The molecule has 0 aliphatic carbocycles. The Bertz CT molecular complexity index is 948. The molecule has 0 heterocycles. The molecule has 0 aliphatic heterocycles. The number of methoxy groups -OCH3 is 1. The molecule has 0 unspecified atom stereocenters. The first-order valence-electron chi connectivity index (χ1n) is 8.47. The van der Waals surface area contributed by atoms with Gasteiger partial charge in [-0.05, 0) is 31.3 Å². The summed E-state index contributed by atoms with van der Waals surface area (Å²) in [7, 11) is 2.31. The Hall–Kier alpha value is -2.49. The van der Waals surface area contributed by atoms with Gasteiger partial charge in [0, 0.05) is 26.2 Å². The number of carbonyl (C=O) groups is 1. The van der Waals surface area contributed by atoms with Crippen LogP contribution in [-0.2, 0) is 21.4 Å². The highest BCUT2D eigenvalue weighted by molar-refractivity contribution is 7.89. The van der Waals surface area contributed by atoms with Crippen LogP contribution in [0.3, 0.4) is 0 Å². The van der Waals surface area contributed by atoms with Crippen LogP contribution in [0.25, 0.3) is 0 Å². The second-order valence-corrected chi connectivity index (χ2v) is 8.61. The van der Waals surface area contributed by atoms with E-state index in [0.717, 1.165) is 4.31 Å². The zero-order valence-electron chi connectivity index (χ0n) is 16.3. The minimum atomic E-state index is -3.65. The molecule has 7 nitrogen and oxygen atoms in total. The molecule has 0 atom stereocenters. The van der Waals surface area contributed by atoms with Crippen molar-refractivity contribution >= 4 is 21.6 Å². The van der Waals surface area contributed by atoms with E-state index in [1.807, 2.05) is 0 Å². The van der Waals surface area contributed by atoms with Crippen molar-refractivity contribution < 1.29 is 22.3 Å². The molecule has 2 rings (SSSR count). The maximum absolute atomic E-state index is 13.7. The van der Waals surface area contributed by atoms with Gasteiger partial charge < -0.3 is 10.1 Å². The molecular weight excluding hydrogens is 385 g/mol. The molecule has 0 saturated carbocycles. The Morgan fingerprint density at radius 3 is 2.43 bits per heavy atom. The molecular formula is C19H24FN3O4S. The van der Waals surface area contributed by atoms with Crippen molar-refractivity contribution in [1.82, 2.24) is 9.21 Å². The highest BCUT2D eigenvalue weighted by Crippen LogP contribution is 2.28. The Kier molecular flexibility index (Phi) is 7.11. The van der Waals surface area contributed by atoms with Crippen molar-refractivity contribution in [2.24, 2.45) is 0 Å². The minimum absolute atomic E-state index is 0.0118. The fraction of sp³-hybridized carbons (Fsp3) is 0.316. The van der Waals surface area contributed by atoms with E-state index in [2.05, 4.69) is 5.32 Å². The molecule has 9 heteroatoms. The number of carbonyl (C=O) groups excluding carboxylic acids is 1. The number of anilines is 1. The summed E-state index contributed by atoms with van der Waals surface area (Å²) in [6, 6.07) is 10.6. The maximum atomic E-state index is 13.7. The summed E-state index contributed by atoms with van der Waals surface area (Å²) < 4.78 is 44.7. The minimum Gasteiger partial charge on any atom is -0.495 e. The molecule has 0 aliphatic rings. The molecule has 1 N–H and O–H groups in total. The number of sulfonamides is 1. The number of nitrogens with zero attached hydrogens (tertiary/aromatic N) is 2. The molecule has 28 heavy (non-hydrogen) atoms. The lowest BCUT2D eigenvalue weighted by Crippen LogP contribution is -2.30. The fourth-order valence-corrected chi connectivity index (χ4v) is 3.49. The number of likely N-dealkylation sites (N-methyl/N-ethyl adjacent to an activating group) is 1. The van der Waals surface area contributed by atoms with Crippen LogP contribution in [0, 0.1) is 5.82 Å². The number of ether oxygens (including phenoxy) is 1. The average Bonchev–Trinajstić information content (AvgIpc) is 2.63. The third-order valence-electron chi connectivity index (χ3n) is 4.04. The van der Waals surface area contributed by atoms with Gasteiger partial charge in [-0.1, -0.05) is 18.2 Å². The average molecular weight is 409 g/mol. The van der Waals surface area contributed by atoms with Crippen LogP contribution in [0.4, 0.5) is 10.1 Å². The topological polar surface area (TPSA) is 79.0 Å². The van der Waals surface area contributed by atoms with Crippen molar-refractivity contribution in [1.29, 1.82) is 0 Å². The Morgan fingerprint density at radius 2 is 1.82 bits per heavy atom. The zero-order valence-corrected chi connectivity index (χ0v) is 17.1. The maximum Gasteiger partial charge on any atom is 0.242 e. The van der Waals surface area contributed by atoms with Gasteiger partial charge in [-0.2, -0.15) is 0 Å². The zero-order chi connectivity index (χ0) is 20.9. The summed E-state index contributed by atoms with van der Waals surface area (Å²) >= 11 is 0. The van der Waals surface area contributed by atoms with Gasteiger partial charge in [-0.25, -0.2) is 17.1 Å². The molecule has 1 amide bonds. The SMILES string of the molecule is COc1ccc(S(=O)(=O)N(C)C)cc1NC(=O)CN(C)Cc1ccccc1F. The second kappa shape index (κ2) is 9.13. The molecule has 2 aromatic carbocycles. The van der Waals surface area contributed by atoms with E-state index in [0.29, 0.717) is 11.3 Å². The van der Waals surface area contributed by atoms with Crippen LogP contribution in [0.5, 0.6) is 5.75 Å². The molecule has 0 saturated heterocycles. The number of rotatable bonds is 8. The second-order valence-electron chi connectivity index (χ2n) is 6.46. The van der Waals surface area contributed by atoms with Crippen molar-refractivity contribution in [3.05, 3.63) is 53.8 Å². The van der Waals surface area contributed by atoms with Gasteiger partial charge in [-0.3, -0.25) is 9.69 Å². The van der Waals surface area contributed by atoms with Gasteiger partial charge in [0.15, 0.2) is 0 Å². The van der Waals surface area contributed by atoms with Crippen LogP contribution in [-0.4, -0.2) is 58.3 Å². The first kappa shape index (κ1) is 21.8. The molecule has 0 fully saturated rings. The lowest BCUT2D eigenvalue weighted by atomic mass is 10.2. The van der Waals surface area contributed by atoms with E-state index in [1.54, 1.807) is 30.1 Å². The predicted octanol–water partition coefficient (Wildman–Crippen LogP) is 2.16.